The molecule has 7 heteroatoms. The topological polar surface area (TPSA) is 69.7 Å². The van der Waals surface area contributed by atoms with Gasteiger partial charge in [-0.15, -0.1) is 0 Å². The van der Waals surface area contributed by atoms with E-state index >= 15 is 0 Å². The van der Waals surface area contributed by atoms with Crippen molar-refractivity contribution in [3.63, 3.8) is 0 Å². The van der Waals surface area contributed by atoms with Gasteiger partial charge >= 0.3 is 0 Å². The minimum absolute atomic E-state index is 0.00523. The summed E-state index contributed by atoms with van der Waals surface area (Å²) in [6.45, 7) is 5.78. The molecular weight excluding hydrogens is 410 g/mol. The fourth-order valence-electron chi connectivity index (χ4n) is 5.45. The molecule has 3 aliphatic rings. The monoisotopic (exact) mass is 447 g/mol. The van der Waals surface area contributed by atoms with E-state index in [9.17, 15) is 13.2 Å². The Balaban J connectivity index is 1.34. The molecule has 0 spiro atoms. The first-order chi connectivity index (χ1) is 14.9. The third kappa shape index (κ3) is 5.49. The lowest BCUT2D eigenvalue weighted by Gasteiger charge is -2.34. The molecule has 0 radical (unpaired) electrons. The Bertz CT molecular complexity index is 859. The Morgan fingerprint density at radius 1 is 1.00 bits per heavy atom. The number of nitrogens with zero attached hydrogens (tertiary/aromatic N) is 2. The zero-order chi connectivity index (χ0) is 21.8. The molecule has 2 saturated heterocycles. The molecule has 4 rings (SSSR count). The quantitative estimate of drug-likeness (QED) is 0.723. The number of sulfonamides is 1. The third-order valence-electron chi connectivity index (χ3n) is 7.36. The van der Waals surface area contributed by atoms with Crippen molar-refractivity contribution in [2.45, 2.75) is 81.7 Å². The SMILES string of the molecule is CC1CCCCN1S(=O)(=O)c1cccc(C(=O)NC2CCN(CC3CCCC3)CC2)c1. The molecule has 6 nitrogen and oxygen atoms in total. The van der Waals surface area contributed by atoms with E-state index in [1.807, 2.05) is 6.92 Å². The maximum Gasteiger partial charge on any atom is 0.251 e. The largest absolute Gasteiger partial charge is 0.349 e. The van der Waals surface area contributed by atoms with Crippen LogP contribution in [-0.2, 0) is 10.0 Å². The highest BCUT2D eigenvalue weighted by Gasteiger charge is 2.31. The smallest absolute Gasteiger partial charge is 0.251 e. The molecule has 1 aromatic rings. The molecule has 1 N–H and O–H groups in total. The van der Waals surface area contributed by atoms with Crippen LogP contribution in [0.1, 0.15) is 75.1 Å². The number of nitrogens with one attached hydrogen (secondary N) is 1. The van der Waals surface area contributed by atoms with Crippen LogP contribution in [0.3, 0.4) is 0 Å². The summed E-state index contributed by atoms with van der Waals surface area (Å²) in [6, 6.07) is 6.71. The van der Waals surface area contributed by atoms with Crippen LogP contribution >= 0.6 is 0 Å². The number of carbonyl (C=O) groups is 1. The first-order valence-electron chi connectivity index (χ1n) is 12.1. The Kier molecular flexibility index (Phi) is 7.34. The number of carbonyl (C=O) groups excluding carboxylic acids is 1. The van der Waals surface area contributed by atoms with E-state index in [1.54, 1.807) is 28.6 Å². The summed E-state index contributed by atoms with van der Waals surface area (Å²) in [6.07, 6.45) is 10.3. The Labute approximate surface area is 187 Å². The van der Waals surface area contributed by atoms with Crippen molar-refractivity contribution in [3.8, 4) is 0 Å². The molecule has 1 aromatic carbocycles. The summed E-state index contributed by atoms with van der Waals surface area (Å²) in [5, 5.41) is 3.14. The van der Waals surface area contributed by atoms with Gasteiger partial charge in [0.1, 0.15) is 0 Å². The van der Waals surface area contributed by atoms with Gasteiger partial charge in [-0.3, -0.25) is 4.79 Å². The van der Waals surface area contributed by atoms with E-state index in [-0.39, 0.29) is 22.9 Å². The van der Waals surface area contributed by atoms with Crippen molar-refractivity contribution >= 4 is 15.9 Å². The van der Waals surface area contributed by atoms with Crippen molar-refractivity contribution in [1.29, 1.82) is 0 Å². The minimum Gasteiger partial charge on any atom is -0.349 e. The Morgan fingerprint density at radius 3 is 2.42 bits per heavy atom. The summed E-state index contributed by atoms with van der Waals surface area (Å²) in [7, 11) is -3.57. The van der Waals surface area contributed by atoms with Gasteiger partial charge in [-0.1, -0.05) is 25.3 Å². The van der Waals surface area contributed by atoms with Crippen molar-refractivity contribution in [3.05, 3.63) is 29.8 Å². The number of benzene rings is 1. The first kappa shape index (κ1) is 22.7. The summed E-state index contributed by atoms with van der Waals surface area (Å²) in [5.41, 5.74) is 0.430. The number of amides is 1. The van der Waals surface area contributed by atoms with Crippen molar-refractivity contribution in [1.82, 2.24) is 14.5 Å². The number of piperidine rings is 2. The minimum atomic E-state index is -3.57. The lowest BCUT2D eigenvalue weighted by molar-refractivity contribution is 0.0905. The van der Waals surface area contributed by atoms with E-state index in [1.165, 1.54) is 32.2 Å². The van der Waals surface area contributed by atoms with Crippen LogP contribution in [0.5, 0.6) is 0 Å². The lowest BCUT2D eigenvalue weighted by atomic mass is 10.0. The van der Waals surface area contributed by atoms with E-state index in [4.69, 9.17) is 0 Å². The fourth-order valence-corrected chi connectivity index (χ4v) is 7.19. The van der Waals surface area contributed by atoms with Gasteiger partial charge in [0.2, 0.25) is 10.0 Å². The zero-order valence-electron chi connectivity index (χ0n) is 18.8. The molecule has 2 heterocycles. The fraction of sp³-hybridized carbons (Fsp3) is 0.708. The third-order valence-corrected chi connectivity index (χ3v) is 9.37. The molecule has 3 fully saturated rings. The van der Waals surface area contributed by atoms with Crippen LogP contribution in [0.25, 0.3) is 0 Å². The highest BCUT2D eigenvalue weighted by Crippen LogP contribution is 2.27. The van der Waals surface area contributed by atoms with Gasteiger partial charge in [-0.05, 0) is 69.6 Å². The zero-order valence-corrected chi connectivity index (χ0v) is 19.6. The van der Waals surface area contributed by atoms with Gasteiger partial charge in [0.05, 0.1) is 4.90 Å². The molecule has 1 amide bonds. The predicted octanol–water partition coefficient (Wildman–Crippen LogP) is 3.63. The molecule has 0 bridgehead atoms. The first-order valence-corrected chi connectivity index (χ1v) is 13.5. The van der Waals surface area contributed by atoms with Crippen LogP contribution in [-0.4, -0.2) is 61.8 Å². The number of likely N-dealkylation sites (tertiary alicyclic amines) is 1. The number of hydrogen-bond acceptors (Lipinski definition) is 4. The number of hydrogen-bond donors (Lipinski definition) is 1. The van der Waals surface area contributed by atoms with Crippen molar-refractivity contribution in [2.24, 2.45) is 5.92 Å². The highest BCUT2D eigenvalue weighted by molar-refractivity contribution is 7.89. The standard InChI is InChI=1S/C24H37N3O3S/c1-19-7-4-5-14-27(19)31(29,30)23-11-6-10-21(17-23)24(28)25-22-12-15-26(16-13-22)18-20-8-2-3-9-20/h6,10-11,17,19-20,22H,2-5,7-9,12-16,18H2,1H3,(H,25,28). The highest BCUT2D eigenvalue weighted by atomic mass is 32.2. The van der Waals surface area contributed by atoms with Gasteiger partial charge in [0.25, 0.3) is 5.91 Å². The normalized spacial score (nSPS) is 25.0. The van der Waals surface area contributed by atoms with Crippen LogP contribution in [0.4, 0.5) is 0 Å². The van der Waals surface area contributed by atoms with Gasteiger partial charge in [-0.25, -0.2) is 8.42 Å². The van der Waals surface area contributed by atoms with Crippen molar-refractivity contribution < 1.29 is 13.2 Å². The molecule has 0 aromatic heterocycles. The molecule has 1 unspecified atom stereocenters. The summed E-state index contributed by atoms with van der Waals surface area (Å²) in [5.74, 6) is 0.691. The molecule has 2 aliphatic heterocycles. The molecule has 1 saturated carbocycles. The van der Waals surface area contributed by atoms with Crippen LogP contribution < -0.4 is 5.32 Å². The second-order valence-corrected chi connectivity index (χ2v) is 11.6. The van der Waals surface area contributed by atoms with Crippen LogP contribution in [0.2, 0.25) is 0 Å². The van der Waals surface area contributed by atoms with E-state index in [2.05, 4.69) is 10.2 Å². The van der Waals surface area contributed by atoms with E-state index in [0.717, 1.165) is 51.1 Å². The summed E-state index contributed by atoms with van der Waals surface area (Å²) >= 11 is 0. The van der Waals surface area contributed by atoms with Gasteiger partial charge in [-0.2, -0.15) is 4.31 Å². The maximum atomic E-state index is 13.1. The second kappa shape index (κ2) is 10.0. The molecule has 1 atom stereocenters. The molecule has 31 heavy (non-hydrogen) atoms. The predicted molar refractivity (Wildman–Crippen MR) is 123 cm³/mol. The summed E-state index contributed by atoms with van der Waals surface area (Å²) in [4.78, 5) is 15.6. The Hall–Kier alpha value is -1.44. The number of rotatable bonds is 6. The summed E-state index contributed by atoms with van der Waals surface area (Å²) < 4.78 is 27.8. The van der Waals surface area contributed by atoms with Crippen molar-refractivity contribution in [2.75, 3.05) is 26.2 Å². The van der Waals surface area contributed by atoms with Gasteiger partial charge in [0, 0.05) is 43.8 Å². The molecular formula is C24H37N3O3S. The average molecular weight is 448 g/mol. The second-order valence-electron chi connectivity index (χ2n) is 9.69. The average Bonchev–Trinajstić information content (AvgIpc) is 3.28. The molecule has 172 valence electrons. The Morgan fingerprint density at radius 2 is 1.71 bits per heavy atom. The maximum absolute atomic E-state index is 13.1. The molecule has 1 aliphatic carbocycles. The van der Waals surface area contributed by atoms with Crippen LogP contribution in [0.15, 0.2) is 29.2 Å². The lowest BCUT2D eigenvalue weighted by Crippen LogP contribution is -2.45. The van der Waals surface area contributed by atoms with Crippen LogP contribution in [0, 0.1) is 5.92 Å². The van der Waals surface area contributed by atoms with Gasteiger partial charge in [0.15, 0.2) is 0 Å². The van der Waals surface area contributed by atoms with E-state index < -0.39 is 10.0 Å². The van der Waals surface area contributed by atoms with E-state index in [0.29, 0.717) is 12.1 Å². The van der Waals surface area contributed by atoms with Gasteiger partial charge < -0.3 is 10.2 Å².